The van der Waals surface area contributed by atoms with E-state index in [2.05, 4.69) is 94.2 Å². The zero-order valence-corrected chi connectivity index (χ0v) is 22.6. The summed E-state index contributed by atoms with van der Waals surface area (Å²) in [6.45, 7) is 14.0. The number of nitrogens with one attached hydrogen (secondary N) is 2. The number of likely N-dealkylation sites (tertiary alicyclic amines) is 1. The number of aromatic amines is 2. The van der Waals surface area contributed by atoms with E-state index in [9.17, 15) is 0 Å². The minimum absolute atomic E-state index is 0.408. The van der Waals surface area contributed by atoms with Crippen molar-refractivity contribution in [2.75, 3.05) is 20.1 Å². The molecule has 3 aromatic rings. The molecule has 0 unspecified atom stereocenters. The summed E-state index contributed by atoms with van der Waals surface area (Å²) >= 11 is 0. The van der Waals surface area contributed by atoms with Crippen LogP contribution in [0.2, 0.25) is 0 Å². The van der Waals surface area contributed by atoms with Gasteiger partial charge in [0.2, 0.25) is 0 Å². The van der Waals surface area contributed by atoms with E-state index in [4.69, 9.17) is 0 Å². The lowest BCUT2D eigenvalue weighted by Crippen LogP contribution is -2.32. The Morgan fingerprint density at radius 1 is 1.19 bits per heavy atom. The van der Waals surface area contributed by atoms with Crippen molar-refractivity contribution < 1.29 is 0 Å². The summed E-state index contributed by atoms with van der Waals surface area (Å²) in [5, 5.41) is 8.53. The van der Waals surface area contributed by atoms with Gasteiger partial charge >= 0.3 is 0 Å². The second-order valence-electron chi connectivity index (χ2n) is 10.2. The highest BCUT2D eigenvalue weighted by atomic mass is 15.2. The average Bonchev–Trinajstić information content (AvgIpc) is 3.53. The highest BCUT2D eigenvalue weighted by molar-refractivity contribution is 6.04. The maximum Gasteiger partial charge on any atom is 0.109 e. The van der Waals surface area contributed by atoms with Gasteiger partial charge in [-0.15, -0.1) is 0 Å². The van der Waals surface area contributed by atoms with E-state index in [0.29, 0.717) is 11.8 Å². The maximum absolute atomic E-state index is 4.42. The molecular formula is C30H40N6. The van der Waals surface area contributed by atoms with Crippen LogP contribution in [0.25, 0.3) is 16.5 Å². The smallest absolute Gasteiger partial charge is 0.109 e. The van der Waals surface area contributed by atoms with Crippen molar-refractivity contribution in [2.24, 2.45) is 9.98 Å². The summed E-state index contributed by atoms with van der Waals surface area (Å²) in [6.07, 6.45) is 10.2. The number of hydrogen-bond donors (Lipinski definition) is 2. The van der Waals surface area contributed by atoms with Gasteiger partial charge in [0.05, 0.1) is 0 Å². The maximum atomic E-state index is 4.42. The SMILES string of the molecule is C/C=C(\C=C(\C)C(C)=NC=NC)c1[nH]c2ccc(C3CCN(Cc4ccn[nH]4)CC3)cc2c1C(C)C. The number of nitrogens with zero attached hydrogens (tertiary/aromatic N) is 4. The molecule has 0 aliphatic carbocycles. The summed E-state index contributed by atoms with van der Waals surface area (Å²) in [5.74, 6) is 1.01. The van der Waals surface area contributed by atoms with E-state index >= 15 is 0 Å². The van der Waals surface area contributed by atoms with E-state index in [0.717, 1.165) is 30.9 Å². The molecule has 2 N–H and O–H groups in total. The third-order valence-corrected chi connectivity index (χ3v) is 7.36. The first kappa shape index (κ1) is 25.8. The van der Waals surface area contributed by atoms with Crippen LogP contribution in [0.4, 0.5) is 0 Å². The summed E-state index contributed by atoms with van der Waals surface area (Å²) in [5.41, 5.74) is 9.79. The number of piperidine rings is 1. The number of rotatable bonds is 8. The van der Waals surface area contributed by atoms with E-state index in [1.54, 1.807) is 13.4 Å². The number of hydrogen-bond acceptors (Lipinski definition) is 3. The van der Waals surface area contributed by atoms with Crippen molar-refractivity contribution in [3.05, 3.63) is 70.7 Å². The molecule has 36 heavy (non-hydrogen) atoms. The van der Waals surface area contributed by atoms with Gasteiger partial charge in [0, 0.05) is 47.8 Å². The standard InChI is InChI=1S/C30H40N6/c1-7-23(16-21(4)22(5)32-19-31-6)30-29(20(2)3)27-17-25(8-9-28(27)34-30)24-11-14-36(15-12-24)18-26-10-13-33-35-26/h7-10,13,16-17,19-20,24,34H,11-12,14-15,18H2,1-6H3,(H,33,35)/b21-16-,23-7+,31-19?,32-22?. The van der Waals surface area contributed by atoms with E-state index < -0.39 is 0 Å². The fraction of sp³-hybridized carbons (Fsp3) is 0.433. The number of aliphatic imine (C=N–C) groups is 2. The first-order valence-corrected chi connectivity index (χ1v) is 13.1. The van der Waals surface area contributed by atoms with Crippen LogP contribution in [-0.2, 0) is 6.54 Å². The molecule has 1 aliphatic heterocycles. The summed E-state index contributed by atoms with van der Waals surface area (Å²) < 4.78 is 0. The number of allylic oxidation sites excluding steroid dienone is 4. The normalized spacial score (nSPS) is 17.2. The van der Waals surface area contributed by atoms with E-state index in [-0.39, 0.29) is 0 Å². The molecule has 1 aromatic carbocycles. The van der Waals surface area contributed by atoms with Crippen LogP contribution in [0.3, 0.4) is 0 Å². The Morgan fingerprint density at radius 3 is 2.61 bits per heavy atom. The second kappa shape index (κ2) is 11.7. The van der Waals surface area contributed by atoms with Crippen molar-refractivity contribution in [3.8, 4) is 0 Å². The molecule has 1 saturated heterocycles. The zero-order chi connectivity index (χ0) is 25.7. The van der Waals surface area contributed by atoms with Gasteiger partial charge < -0.3 is 4.98 Å². The van der Waals surface area contributed by atoms with Crippen LogP contribution in [-0.4, -0.2) is 52.3 Å². The van der Waals surface area contributed by atoms with Gasteiger partial charge in [-0.3, -0.25) is 15.0 Å². The molecule has 6 heteroatoms. The van der Waals surface area contributed by atoms with Crippen LogP contribution in [0.1, 0.15) is 81.8 Å². The summed E-state index contributed by atoms with van der Waals surface area (Å²) in [4.78, 5) is 14.7. The molecule has 3 heterocycles. The Morgan fingerprint density at radius 2 is 1.97 bits per heavy atom. The van der Waals surface area contributed by atoms with Crippen LogP contribution < -0.4 is 0 Å². The van der Waals surface area contributed by atoms with E-state index in [1.165, 1.54) is 51.8 Å². The zero-order valence-electron chi connectivity index (χ0n) is 22.6. The highest BCUT2D eigenvalue weighted by Gasteiger charge is 2.23. The minimum atomic E-state index is 0.408. The van der Waals surface area contributed by atoms with Gasteiger partial charge in [0.1, 0.15) is 6.34 Å². The topological polar surface area (TPSA) is 72.4 Å². The molecule has 1 aliphatic rings. The van der Waals surface area contributed by atoms with Crippen molar-refractivity contribution >= 4 is 28.5 Å². The largest absolute Gasteiger partial charge is 0.354 e. The number of aromatic nitrogens is 3. The molecule has 190 valence electrons. The molecule has 0 bridgehead atoms. The van der Waals surface area contributed by atoms with Gasteiger partial charge in [-0.2, -0.15) is 5.10 Å². The molecule has 0 saturated carbocycles. The Balaban J connectivity index is 1.60. The molecule has 0 spiro atoms. The van der Waals surface area contributed by atoms with Crippen molar-refractivity contribution in [2.45, 2.75) is 65.8 Å². The summed E-state index contributed by atoms with van der Waals surface area (Å²) in [6, 6.07) is 9.14. The summed E-state index contributed by atoms with van der Waals surface area (Å²) in [7, 11) is 1.74. The second-order valence-corrected chi connectivity index (χ2v) is 10.2. The molecule has 4 rings (SSSR count). The third-order valence-electron chi connectivity index (χ3n) is 7.36. The fourth-order valence-electron chi connectivity index (χ4n) is 5.23. The van der Waals surface area contributed by atoms with E-state index in [1.807, 2.05) is 13.1 Å². The fourth-order valence-corrected chi connectivity index (χ4v) is 5.23. The van der Waals surface area contributed by atoms with Gasteiger partial charge in [0.25, 0.3) is 0 Å². The Labute approximate surface area is 215 Å². The lowest BCUT2D eigenvalue weighted by molar-refractivity contribution is 0.202. The van der Waals surface area contributed by atoms with Crippen molar-refractivity contribution in [3.63, 3.8) is 0 Å². The quantitative estimate of drug-likeness (QED) is 0.208. The van der Waals surface area contributed by atoms with Crippen LogP contribution in [0.15, 0.2) is 58.2 Å². The van der Waals surface area contributed by atoms with Gasteiger partial charge in [0.15, 0.2) is 0 Å². The first-order chi connectivity index (χ1) is 17.4. The van der Waals surface area contributed by atoms with Crippen LogP contribution in [0.5, 0.6) is 0 Å². The third kappa shape index (κ3) is 5.76. The molecular weight excluding hydrogens is 444 g/mol. The Bertz CT molecular complexity index is 1280. The Hall–Kier alpha value is -3.25. The van der Waals surface area contributed by atoms with Gasteiger partial charge in [-0.1, -0.05) is 26.0 Å². The van der Waals surface area contributed by atoms with Crippen molar-refractivity contribution in [1.29, 1.82) is 0 Å². The number of benzene rings is 1. The number of fused-ring (bicyclic) bond motifs is 1. The Kier molecular flexibility index (Phi) is 8.36. The highest BCUT2D eigenvalue weighted by Crippen LogP contribution is 2.37. The average molecular weight is 485 g/mol. The predicted octanol–water partition coefficient (Wildman–Crippen LogP) is 6.86. The lowest BCUT2D eigenvalue weighted by Gasteiger charge is -2.31. The molecule has 1 fully saturated rings. The van der Waals surface area contributed by atoms with Crippen molar-refractivity contribution in [1.82, 2.24) is 20.1 Å². The predicted molar refractivity (Wildman–Crippen MR) is 153 cm³/mol. The van der Waals surface area contributed by atoms with Crippen LogP contribution in [0, 0.1) is 0 Å². The monoisotopic (exact) mass is 484 g/mol. The molecule has 6 nitrogen and oxygen atoms in total. The van der Waals surface area contributed by atoms with Crippen LogP contribution >= 0.6 is 0 Å². The lowest BCUT2D eigenvalue weighted by atomic mass is 9.87. The van der Waals surface area contributed by atoms with Gasteiger partial charge in [-0.05, 0) is 105 Å². The minimum Gasteiger partial charge on any atom is -0.354 e. The number of H-pyrrole nitrogens is 2. The molecule has 2 aromatic heterocycles. The molecule has 0 amide bonds. The molecule has 0 radical (unpaired) electrons. The first-order valence-electron chi connectivity index (χ1n) is 13.1. The molecule has 0 atom stereocenters. The van der Waals surface area contributed by atoms with Gasteiger partial charge in [-0.25, -0.2) is 4.99 Å².